The van der Waals surface area contributed by atoms with Gasteiger partial charge in [0.15, 0.2) is 0 Å². The molecule has 0 bridgehead atoms. The van der Waals surface area contributed by atoms with Crippen LogP contribution in [0.3, 0.4) is 0 Å². The molecule has 1 fully saturated rings. The summed E-state index contributed by atoms with van der Waals surface area (Å²) in [5.41, 5.74) is 0.569. The molecule has 0 spiro atoms. The van der Waals surface area contributed by atoms with Crippen LogP contribution < -0.4 is 0 Å². The number of hydrogen-bond donors (Lipinski definition) is 1. The molecular formula is C11H12FNO2. The molecule has 2 rings (SSSR count). The molecule has 1 aliphatic heterocycles. The first-order valence-electron chi connectivity index (χ1n) is 4.91. The molecule has 0 amide bonds. The fourth-order valence-electron chi connectivity index (χ4n) is 1.63. The van der Waals surface area contributed by atoms with Crippen LogP contribution in [0.25, 0.3) is 0 Å². The number of carboxylic acids is 1. The van der Waals surface area contributed by atoms with Gasteiger partial charge in [-0.15, -0.1) is 0 Å². The average molecular weight is 209 g/mol. The first-order chi connectivity index (χ1) is 7.16. The van der Waals surface area contributed by atoms with E-state index in [9.17, 15) is 9.18 Å². The van der Waals surface area contributed by atoms with E-state index in [2.05, 4.69) is 4.90 Å². The Morgan fingerprint density at radius 3 is 2.67 bits per heavy atom. The molecule has 1 saturated heterocycles. The van der Waals surface area contributed by atoms with E-state index in [4.69, 9.17) is 5.11 Å². The number of rotatable bonds is 3. The highest BCUT2D eigenvalue weighted by Gasteiger charge is 2.15. The molecule has 80 valence electrons. The van der Waals surface area contributed by atoms with E-state index in [0.717, 1.165) is 18.7 Å². The summed E-state index contributed by atoms with van der Waals surface area (Å²) in [5, 5.41) is 8.65. The smallest absolute Gasteiger partial charge is 0.338 e. The summed E-state index contributed by atoms with van der Waals surface area (Å²) in [6, 6.07) is 4.30. The van der Waals surface area contributed by atoms with Crippen molar-refractivity contribution in [3.8, 4) is 0 Å². The Bertz CT molecular complexity index is 388. The second-order valence-electron chi connectivity index (χ2n) is 3.75. The fraction of sp³-hybridized carbons (Fsp3) is 0.364. The first-order valence-corrected chi connectivity index (χ1v) is 4.91. The van der Waals surface area contributed by atoms with Crippen LogP contribution in [0.15, 0.2) is 18.2 Å². The summed E-state index contributed by atoms with van der Waals surface area (Å²) in [6.45, 7) is 2.79. The van der Waals surface area contributed by atoms with Gasteiger partial charge >= 0.3 is 5.97 Å². The number of likely N-dealkylation sites (tertiary alicyclic amines) is 1. The molecule has 0 aromatic heterocycles. The third-order valence-corrected chi connectivity index (χ3v) is 2.62. The Hall–Kier alpha value is -1.42. The van der Waals surface area contributed by atoms with Crippen molar-refractivity contribution in [2.45, 2.75) is 13.0 Å². The van der Waals surface area contributed by atoms with E-state index in [1.54, 1.807) is 6.07 Å². The number of hydrogen-bond acceptors (Lipinski definition) is 2. The Balaban J connectivity index is 2.13. The minimum atomic E-state index is -1.22. The molecule has 0 radical (unpaired) electrons. The molecule has 1 heterocycles. The number of nitrogens with zero attached hydrogens (tertiary/aromatic N) is 1. The van der Waals surface area contributed by atoms with Crippen LogP contribution in [-0.2, 0) is 6.54 Å². The lowest BCUT2D eigenvalue weighted by Crippen LogP contribution is -2.36. The van der Waals surface area contributed by atoms with Crippen molar-refractivity contribution >= 4 is 5.97 Å². The summed E-state index contributed by atoms with van der Waals surface area (Å²) in [4.78, 5) is 12.8. The third-order valence-electron chi connectivity index (χ3n) is 2.62. The summed E-state index contributed by atoms with van der Waals surface area (Å²) in [6.07, 6.45) is 1.19. The average Bonchev–Trinajstić information content (AvgIpc) is 2.11. The van der Waals surface area contributed by atoms with Gasteiger partial charge in [0, 0.05) is 6.54 Å². The number of benzene rings is 1. The van der Waals surface area contributed by atoms with Crippen molar-refractivity contribution in [3.05, 3.63) is 35.1 Å². The zero-order valence-corrected chi connectivity index (χ0v) is 8.24. The molecule has 4 heteroatoms. The lowest BCUT2D eigenvalue weighted by atomic mass is 10.1. The highest BCUT2D eigenvalue weighted by molar-refractivity contribution is 5.87. The van der Waals surface area contributed by atoms with Gasteiger partial charge in [0.05, 0.1) is 5.56 Å². The highest BCUT2D eigenvalue weighted by Crippen LogP contribution is 2.15. The van der Waals surface area contributed by atoms with Crippen LogP contribution in [-0.4, -0.2) is 29.1 Å². The summed E-state index contributed by atoms with van der Waals surface area (Å²) >= 11 is 0. The van der Waals surface area contributed by atoms with Crippen molar-refractivity contribution in [1.29, 1.82) is 0 Å². The van der Waals surface area contributed by atoms with E-state index in [-0.39, 0.29) is 5.56 Å². The summed E-state index contributed by atoms with van der Waals surface area (Å²) in [7, 11) is 0. The van der Waals surface area contributed by atoms with Crippen molar-refractivity contribution in [2.24, 2.45) is 0 Å². The van der Waals surface area contributed by atoms with Gasteiger partial charge < -0.3 is 5.11 Å². The Labute approximate surface area is 87.1 Å². The van der Waals surface area contributed by atoms with E-state index in [1.807, 2.05) is 0 Å². The van der Waals surface area contributed by atoms with Crippen LogP contribution in [0, 0.1) is 5.82 Å². The quantitative estimate of drug-likeness (QED) is 0.824. The van der Waals surface area contributed by atoms with Crippen molar-refractivity contribution in [3.63, 3.8) is 0 Å². The van der Waals surface area contributed by atoms with Crippen LogP contribution in [0.5, 0.6) is 0 Å². The molecule has 0 unspecified atom stereocenters. The minimum absolute atomic E-state index is 0.262. The number of carbonyl (C=O) groups is 1. The summed E-state index contributed by atoms with van der Waals surface area (Å²) < 4.78 is 13.3. The molecular weight excluding hydrogens is 197 g/mol. The second kappa shape index (κ2) is 3.98. The highest BCUT2D eigenvalue weighted by atomic mass is 19.1. The summed E-state index contributed by atoms with van der Waals surface area (Å²) in [5.74, 6) is -1.87. The van der Waals surface area contributed by atoms with Crippen LogP contribution in [0.2, 0.25) is 0 Å². The van der Waals surface area contributed by atoms with Crippen molar-refractivity contribution in [2.75, 3.05) is 13.1 Å². The molecule has 15 heavy (non-hydrogen) atoms. The predicted octanol–water partition coefficient (Wildman–Crippen LogP) is 1.73. The molecule has 1 N–H and O–H groups in total. The van der Waals surface area contributed by atoms with Gasteiger partial charge in [0.2, 0.25) is 0 Å². The zero-order chi connectivity index (χ0) is 10.8. The van der Waals surface area contributed by atoms with Gasteiger partial charge in [-0.05, 0) is 37.2 Å². The standard InChI is InChI=1S/C11H12FNO2/c12-10-6-8(7-13-4-1-5-13)2-3-9(10)11(14)15/h2-3,6H,1,4-5,7H2,(H,14,15). The van der Waals surface area contributed by atoms with Crippen molar-refractivity contribution < 1.29 is 14.3 Å². The molecule has 1 aliphatic rings. The van der Waals surface area contributed by atoms with Crippen molar-refractivity contribution in [1.82, 2.24) is 4.90 Å². The number of halogens is 1. The largest absolute Gasteiger partial charge is 0.478 e. The molecule has 1 aromatic carbocycles. The lowest BCUT2D eigenvalue weighted by molar-refractivity contribution is 0.0692. The maximum Gasteiger partial charge on any atom is 0.338 e. The van der Waals surface area contributed by atoms with E-state index < -0.39 is 11.8 Å². The zero-order valence-electron chi connectivity index (χ0n) is 8.24. The predicted molar refractivity (Wildman–Crippen MR) is 53.3 cm³/mol. The monoisotopic (exact) mass is 209 g/mol. The molecule has 0 aliphatic carbocycles. The minimum Gasteiger partial charge on any atom is -0.478 e. The maximum absolute atomic E-state index is 13.3. The van der Waals surface area contributed by atoms with Gasteiger partial charge in [0.1, 0.15) is 5.82 Å². The normalized spacial score (nSPS) is 16.1. The Morgan fingerprint density at radius 1 is 1.47 bits per heavy atom. The number of aromatic carboxylic acids is 1. The molecule has 3 nitrogen and oxygen atoms in total. The fourth-order valence-corrected chi connectivity index (χ4v) is 1.63. The van der Waals surface area contributed by atoms with Crippen LogP contribution >= 0.6 is 0 Å². The van der Waals surface area contributed by atoms with Gasteiger partial charge in [-0.1, -0.05) is 6.07 Å². The van der Waals surface area contributed by atoms with Gasteiger partial charge in [-0.3, -0.25) is 4.90 Å². The Kier molecular flexibility index (Phi) is 2.68. The van der Waals surface area contributed by atoms with Gasteiger partial charge in [-0.25, -0.2) is 9.18 Å². The topological polar surface area (TPSA) is 40.5 Å². The third kappa shape index (κ3) is 2.15. The van der Waals surface area contributed by atoms with Gasteiger partial charge in [-0.2, -0.15) is 0 Å². The first kappa shape index (κ1) is 10.1. The van der Waals surface area contributed by atoms with E-state index in [0.29, 0.717) is 6.54 Å². The second-order valence-corrected chi connectivity index (χ2v) is 3.75. The maximum atomic E-state index is 13.3. The van der Waals surface area contributed by atoms with Crippen LogP contribution in [0.1, 0.15) is 22.3 Å². The molecule has 1 aromatic rings. The van der Waals surface area contributed by atoms with E-state index >= 15 is 0 Å². The number of carboxylic acid groups (broad SMARTS) is 1. The van der Waals surface area contributed by atoms with Gasteiger partial charge in [0.25, 0.3) is 0 Å². The molecule has 0 saturated carbocycles. The van der Waals surface area contributed by atoms with E-state index in [1.165, 1.54) is 18.6 Å². The Morgan fingerprint density at radius 2 is 2.20 bits per heavy atom. The lowest BCUT2D eigenvalue weighted by Gasteiger charge is -2.30. The van der Waals surface area contributed by atoms with Crippen LogP contribution in [0.4, 0.5) is 4.39 Å². The molecule has 0 atom stereocenters. The SMILES string of the molecule is O=C(O)c1ccc(CN2CCC2)cc1F.